The van der Waals surface area contributed by atoms with Gasteiger partial charge in [-0.15, -0.1) is 0 Å². The molecule has 6 heteroatoms. The van der Waals surface area contributed by atoms with E-state index in [1.807, 2.05) is 69.3 Å². The van der Waals surface area contributed by atoms with Crippen LogP contribution in [0, 0.1) is 0 Å². The molecule has 0 aromatic heterocycles. The Balaban J connectivity index is 2.19. The second-order valence-corrected chi connectivity index (χ2v) is 5.79. The van der Waals surface area contributed by atoms with Crippen molar-refractivity contribution < 1.29 is 0 Å². The first-order valence-corrected chi connectivity index (χ1v) is 7.96. The second kappa shape index (κ2) is 6.31. The zero-order valence-electron chi connectivity index (χ0n) is 14.4. The van der Waals surface area contributed by atoms with Crippen molar-refractivity contribution in [1.29, 1.82) is 0 Å². The summed E-state index contributed by atoms with van der Waals surface area (Å²) in [5.41, 5.74) is 2.66. The number of anilines is 1. The van der Waals surface area contributed by atoms with E-state index in [-0.39, 0.29) is 5.56 Å². The zero-order chi connectivity index (χ0) is 17.3. The molecule has 2 aliphatic heterocycles. The topological polar surface area (TPSA) is 66.8 Å². The van der Waals surface area contributed by atoms with Crippen molar-refractivity contribution in [2.45, 2.75) is 20.3 Å². The van der Waals surface area contributed by atoms with E-state index in [1.165, 1.54) is 0 Å². The smallest absolute Gasteiger partial charge is 0.299 e. The molecule has 0 radical (unpaired) electrons. The summed E-state index contributed by atoms with van der Waals surface area (Å²) in [6, 6.07) is 7.99. The van der Waals surface area contributed by atoms with Crippen LogP contribution in [0.5, 0.6) is 0 Å². The predicted octanol–water partition coefficient (Wildman–Crippen LogP) is 0.651. The molecular formula is C18H21N5O. The highest BCUT2D eigenvalue weighted by atomic mass is 16.1. The van der Waals surface area contributed by atoms with Crippen LogP contribution in [0.4, 0.5) is 5.69 Å². The fourth-order valence-corrected chi connectivity index (χ4v) is 2.61. The molecule has 0 spiro atoms. The number of hydrogen-bond acceptors (Lipinski definition) is 4. The molecular weight excluding hydrogens is 302 g/mol. The number of hydrogen-bond donors (Lipinski definition) is 1. The third-order valence-corrected chi connectivity index (χ3v) is 3.98. The zero-order valence-corrected chi connectivity index (χ0v) is 14.4. The lowest BCUT2D eigenvalue weighted by molar-refractivity contribution is 0.732. The third kappa shape index (κ3) is 2.82. The highest BCUT2D eigenvalue weighted by molar-refractivity contribution is 5.55. The highest BCUT2D eigenvalue weighted by Gasteiger charge is 2.12. The predicted molar refractivity (Wildman–Crippen MR) is 96.3 cm³/mol. The molecule has 1 aromatic carbocycles. The molecule has 1 N–H and O–H groups in total. The molecule has 0 unspecified atom stereocenters. The third-order valence-electron chi connectivity index (χ3n) is 3.98. The van der Waals surface area contributed by atoms with Crippen LogP contribution in [-0.2, 0) is 6.42 Å². The van der Waals surface area contributed by atoms with Crippen molar-refractivity contribution in [3.8, 4) is 5.95 Å². The summed E-state index contributed by atoms with van der Waals surface area (Å²) in [5.74, 6) is 0.401. The maximum atomic E-state index is 12.3. The van der Waals surface area contributed by atoms with Gasteiger partial charge in [-0.1, -0.05) is 25.1 Å². The average molecular weight is 323 g/mol. The molecule has 0 atom stereocenters. The lowest BCUT2D eigenvalue weighted by Gasteiger charge is -2.11. The quantitative estimate of drug-likeness (QED) is 0.769. The van der Waals surface area contributed by atoms with Crippen molar-refractivity contribution in [2.24, 2.45) is 0 Å². The molecule has 0 amide bonds. The van der Waals surface area contributed by atoms with Gasteiger partial charge in [-0.3, -0.25) is 9.89 Å². The first-order valence-electron chi connectivity index (χ1n) is 7.96. The summed E-state index contributed by atoms with van der Waals surface area (Å²) in [6.45, 7) is 3.97. The van der Waals surface area contributed by atoms with E-state index in [0.717, 1.165) is 28.7 Å². The number of benzene rings is 1. The van der Waals surface area contributed by atoms with Gasteiger partial charge in [0.25, 0.3) is 11.5 Å². The van der Waals surface area contributed by atoms with Gasteiger partial charge in [0.05, 0.1) is 11.0 Å². The molecule has 3 rings (SSSR count). The fourth-order valence-electron chi connectivity index (χ4n) is 2.61. The van der Waals surface area contributed by atoms with Gasteiger partial charge in [-0.25, -0.2) is 9.67 Å². The van der Waals surface area contributed by atoms with Gasteiger partial charge in [0.15, 0.2) is 0 Å². The van der Waals surface area contributed by atoms with Crippen LogP contribution in [0.25, 0.3) is 18.1 Å². The highest BCUT2D eigenvalue weighted by Crippen LogP contribution is 2.12. The number of imidazole rings is 1. The molecule has 2 aliphatic rings. The molecule has 0 saturated carbocycles. The molecule has 0 saturated heterocycles. The van der Waals surface area contributed by atoms with E-state index >= 15 is 0 Å². The van der Waals surface area contributed by atoms with E-state index in [2.05, 4.69) is 15.1 Å². The summed E-state index contributed by atoms with van der Waals surface area (Å²) in [5, 5.41) is 4.61. The van der Waals surface area contributed by atoms with Crippen LogP contribution >= 0.6 is 0 Å². The first-order chi connectivity index (χ1) is 11.5. The SMILES string of the molecule is C/C=c1/[nH]n2/c(=C/c3ccc(N(C)C)cc3)c(=O)nc-2nc1CC. The monoisotopic (exact) mass is 323 g/mol. The van der Waals surface area contributed by atoms with Gasteiger partial charge >= 0.3 is 0 Å². The number of nitrogens with zero attached hydrogens (tertiary/aromatic N) is 4. The largest absolute Gasteiger partial charge is 0.378 e. The van der Waals surface area contributed by atoms with Gasteiger partial charge in [-0.2, -0.15) is 4.98 Å². The van der Waals surface area contributed by atoms with Crippen molar-refractivity contribution >= 4 is 17.8 Å². The van der Waals surface area contributed by atoms with Crippen LogP contribution in [-0.4, -0.2) is 33.8 Å². The van der Waals surface area contributed by atoms with Gasteiger partial charge < -0.3 is 4.90 Å². The summed E-state index contributed by atoms with van der Waals surface area (Å²) in [7, 11) is 3.99. The Morgan fingerprint density at radius 1 is 1.21 bits per heavy atom. The summed E-state index contributed by atoms with van der Waals surface area (Å²) < 4.78 is 1.65. The summed E-state index contributed by atoms with van der Waals surface area (Å²) in [6.07, 6.45) is 4.55. The van der Waals surface area contributed by atoms with Crippen molar-refractivity contribution in [1.82, 2.24) is 19.7 Å². The van der Waals surface area contributed by atoms with Crippen molar-refractivity contribution in [3.63, 3.8) is 0 Å². The van der Waals surface area contributed by atoms with Crippen LogP contribution < -0.4 is 21.2 Å². The first kappa shape index (κ1) is 16.0. The van der Waals surface area contributed by atoms with E-state index in [4.69, 9.17) is 0 Å². The minimum absolute atomic E-state index is 0.286. The van der Waals surface area contributed by atoms with Crippen LogP contribution in [0.2, 0.25) is 0 Å². The number of aromatic nitrogens is 4. The fraction of sp³-hybridized carbons (Fsp3) is 0.278. The second-order valence-electron chi connectivity index (χ2n) is 5.79. The molecule has 1 aromatic rings. The molecule has 124 valence electrons. The number of H-pyrrole nitrogens is 1. The minimum atomic E-state index is -0.286. The number of aromatic amines is 1. The van der Waals surface area contributed by atoms with Crippen LogP contribution in [0.1, 0.15) is 25.1 Å². The van der Waals surface area contributed by atoms with Gasteiger partial charge in [0.1, 0.15) is 5.35 Å². The van der Waals surface area contributed by atoms with Gasteiger partial charge in [0.2, 0.25) is 0 Å². The Labute approximate surface area is 140 Å². The Hall–Kier alpha value is -2.89. The standard InChI is InChI=1S/C18H21N5O/c1-5-14-15(6-2)21-23-16(17(24)20-18(23)19-14)11-12-7-9-13(10-8-12)22(3)4/h6-11,21H,5H2,1-4H3/b15-6+,16-11+. The van der Waals surface area contributed by atoms with E-state index in [9.17, 15) is 4.79 Å². The van der Waals surface area contributed by atoms with E-state index in [0.29, 0.717) is 11.3 Å². The normalized spacial score (nSPS) is 13.0. The van der Waals surface area contributed by atoms with Gasteiger partial charge in [0, 0.05) is 19.8 Å². The number of fused-ring (bicyclic) bond motifs is 1. The van der Waals surface area contributed by atoms with Gasteiger partial charge in [-0.05, 0) is 37.1 Å². The van der Waals surface area contributed by atoms with Crippen LogP contribution in [0.3, 0.4) is 0 Å². The molecule has 2 heterocycles. The number of rotatable bonds is 3. The molecule has 0 aliphatic carbocycles. The lowest BCUT2D eigenvalue weighted by atomic mass is 10.2. The maximum Gasteiger partial charge on any atom is 0.299 e. The summed E-state index contributed by atoms with van der Waals surface area (Å²) >= 11 is 0. The lowest BCUT2D eigenvalue weighted by Crippen LogP contribution is -2.33. The Morgan fingerprint density at radius 3 is 2.50 bits per heavy atom. The Kier molecular flexibility index (Phi) is 4.20. The minimum Gasteiger partial charge on any atom is -0.378 e. The number of aryl methyl sites for hydroxylation is 1. The average Bonchev–Trinajstić information content (AvgIpc) is 2.88. The molecule has 24 heavy (non-hydrogen) atoms. The molecule has 0 bridgehead atoms. The molecule has 0 fully saturated rings. The van der Waals surface area contributed by atoms with Crippen molar-refractivity contribution in [2.75, 3.05) is 19.0 Å². The van der Waals surface area contributed by atoms with E-state index < -0.39 is 0 Å². The maximum absolute atomic E-state index is 12.3. The Bertz CT molecular complexity index is 995. The molecule has 6 nitrogen and oxygen atoms in total. The van der Waals surface area contributed by atoms with E-state index in [1.54, 1.807) is 4.68 Å². The summed E-state index contributed by atoms with van der Waals surface area (Å²) in [4.78, 5) is 22.8. The Morgan fingerprint density at radius 2 is 1.92 bits per heavy atom. The van der Waals surface area contributed by atoms with Crippen LogP contribution in [0.15, 0.2) is 29.1 Å². The van der Waals surface area contributed by atoms with Crippen molar-refractivity contribution in [3.05, 3.63) is 56.6 Å². The number of nitrogens with one attached hydrogen (secondary N) is 1.